The second-order valence-corrected chi connectivity index (χ2v) is 7.87. The molecule has 2 heterocycles. The molecule has 4 nitrogen and oxygen atoms in total. The Kier molecular flexibility index (Phi) is 5.37. The molecule has 0 N–H and O–H groups in total. The number of aromatic nitrogens is 2. The average Bonchev–Trinajstić information content (AvgIpc) is 3.22. The molecule has 0 spiro atoms. The van der Waals surface area contributed by atoms with Gasteiger partial charge >= 0.3 is 0 Å². The van der Waals surface area contributed by atoms with Crippen LogP contribution in [0.3, 0.4) is 0 Å². The molecule has 2 fully saturated rings. The van der Waals surface area contributed by atoms with E-state index in [1.807, 2.05) is 23.1 Å². The highest BCUT2D eigenvalue weighted by Crippen LogP contribution is 2.37. The van der Waals surface area contributed by atoms with Crippen LogP contribution in [0.25, 0.3) is 0 Å². The largest absolute Gasteiger partial charge is 0.338 e. The highest BCUT2D eigenvalue weighted by molar-refractivity contribution is 5.79. The second-order valence-electron chi connectivity index (χ2n) is 7.87. The van der Waals surface area contributed by atoms with Crippen molar-refractivity contribution in [2.24, 2.45) is 5.92 Å². The molecule has 1 saturated carbocycles. The Morgan fingerprint density at radius 1 is 1.00 bits per heavy atom. The first-order valence-electron chi connectivity index (χ1n) is 10.1. The summed E-state index contributed by atoms with van der Waals surface area (Å²) in [5, 5.41) is 4.34. The normalized spacial score (nSPS) is 26.6. The lowest BCUT2D eigenvalue weighted by Gasteiger charge is -2.39. The third kappa shape index (κ3) is 3.84. The summed E-state index contributed by atoms with van der Waals surface area (Å²) in [6.45, 7) is 1.75. The molecular weight excluding hydrogens is 322 g/mol. The summed E-state index contributed by atoms with van der Waals surface area (Å²) >= 11 is 0. The Morgan fingerprint density at radius 2 is 1.81 bits per heavy atom. The molecule has 1 atom stereocenters. The van der Waals surface area contributed by atoms with Crippen LogP contribution in [0.1, 0.15) is 56.4 Å². The minimum atomic E-state index is 0.216. The van der Waals surface area contributed by atoms with Gasteiger partial charge in [-0.3, -0.25) is 9.48 Å². The fourth-order valence-electron chi connectivity index (χ4n) is 4.74. The van der Waals surface area contributed by atoms with Gasteiger partial charge in [-0.2, -0.15) is 5.10 Å². The standard InChI is InChI=1S/C22H29N3O/c26-22(20-12-10-19(11-13-20)18-7-2-1-3-8-18)25-16-5-4-9-21(25)17-24-15-6-14-23-24/h1-3,6-8,14-15,19-21H,4-5,9-13,16-17H2. The van der Waals surface area contributed by atoms with Crippen LogP contribution >= 0.6 is 0 Å². The molecule has 2 aliphatic rings. The quantitative estimate of drug-likeness (QED) is 0.826. The van der Waals surface area contributed by atoms with Gasteiger partial charge in [-0.1, -0.05) is 30.3 Å². The Labute approximate surface area is 156 Å². The zero-order valence-electron chi connectivity index (χ0n) is 15.5. The smallest absolute Gasteiger partial charge is 0.225 e. The number of carbonyl (C=O) groups excluding carboxylic acids is 1. The van der Waals surface area contributed by atoms with Crippen LogP contribution in [0.2, 0.25) is 0 Å². The molecule has 1 amide bonds. The predicted octanol–water partition coefficient (Wildman–Crippen LogP) is 4.24. The summed E-state index contributed by atoms with van der Waals surface area (Å²) in [5.41, 5.74) is 1.44. The van der Waals surface area contributed by atoms with Crippen molar-refractivity contribution in [1.29, 1.82) is 0 Å². The van der Waals surface area contributed by atoms with Gasteiger partial charge in [-0.05, 0) is 62.5 Å². The zero-order chi connectivity index (χ0) is 17.8. The number of hydrogen-bond acceptors (Lipinski definition) is 2. The fourth-order valence-corrected chi connectivity index (χ4v) is 4.74. The summed E-state index contributed by atoms with van der Waals surface area (Å²) in [6.07, 6.45) is 11.6. The van der Waals surface area contributed by atoms with Crippen LogP contribution in [0.15, 0.2) is 48.8 Å². The first kappa shape index (κ1) is 17.3. The lowest BCUT2D eigenvalue weighted by Crippen LogP contribution is -2.48. The first-order valence-corrected chi connectivity index (χ1v) is 10.1. The lowest BCUT2D eigenvalue weighted by atomic mass is 9.78. The van der Waals surface area contributed by atoms with Crippen LogP contribution in [0.4, 0.5) is 0 Å². The molecule has 0 bridgehead atoms. The predicted molar refractivity (Wildman–Crippen MR) is 103 cm³/mol. The second kappa shape index (κ2) is 8.07. The Bertz CT molecular complexity index is 689. The van der Waals surface area contributed by atoms with Crippen LogP contribution in [-0.4, -0.2) is 33.2 Å². The van der Waals surface area contributed by atoms with Gasteiger partial charge in [-0.25, -0.2) is 0 Å². The van der Waals surface area contributed by atoms with E-state index in [0.717, 1.165) is 51.6 Å². The Balaban J connectivity index is 1.37. The molecule has 1 saturated heterocycles. The van der Waals surface area contributed by atoms with Gasteiger partial charge in [0, 0.05) is 24.9 Å². The molecule has 138 valence electrons. The van der Waals surface area contributed by atoms with E-state index in [1.54, 1.807) is 0 Å². The van der Waals surface area contributed by atoms with Gasteiger partial charge in [0.05, 0.1) is 12.6 Å². The average molecular weight is 351 g/mol. The number of rotatable bonds is 4. The van der Waals surface area contributed by atoms with Crippen molar-refractivity contribution in [2.45, 2.75) is 63.5 Å². The van der Waals surface area contributed by atoms with Crippen molar-refractivity contribution in [3.8, 4) is 0 Å². The fraction of sp³-hybridized carbons (Fsp3) is 0.545. The molecule has 4 rings (SSSR count). The summed E-state index contributed by atoms with van der Waals surface area (Å²) in [4.78, 5) is 15.4. The maximum atomic E-state index is 13.2. The number of likely N-dealkylation sites (tertiary alicyclic amines) is 1. The molecule has 1 unspecified atom stereocenters. The highest BCUT2D eigenvalue weighted by Gasteiger charge is 2.34. The zero-order valence-corrected chi connectivity index (χ0v) is 15.5. The molecule has 0 radical (unpaired) electrons. The monoisotopic (exact) mass is 351 g/mol. The summed E-state index contributed by atoms with van der Waals surface area (Å²) < 4.78 is 1.97. The van der Waals surface area contributed by atoms with Gasteiger partial charge in [0.2, 0.25) is 5.91 Å². The minimum absolute atomic E-state index is 0.216. The maximum Gasteiger partial charge on any atom is 0.225 e. The molecule has 1 aromatic heterocycles. The van der Waals surface area contributed by atoms with E-state index >= 15 is 0 Å². The van der Waals surface area contributed by atoms with Crippen LogP contribution in [-0.2, 0) is 11.3 Å². The molecule has 4 heteroatoms. The number of carbonyl (C=O) groups is 1. The lowest BCUT2D eigenvalue weighted by molar-refractivity contribution is -0.140. The summed E-state index contributed by atoms with van der Waals surface area (Å²) in [7, 11) is 0. The highest BCUT2D eigenvalue weighted by atomic mass is 16.2. The number of amides is 1. The van der Waals surface area contributed by atoms with Crippen molar-refractivity contribution in [1.82, 2.24) is 14.7 Å². The van der Waals surface area contributed by atoms with E-state index in [2.05, 4.69) is 40.3 Å². The Morgan fingerprint density at radius 3 is 2.54 bits per heavy atom. The van der Waals surface area contributed by atoms with Crippen LogP contribution < -0.4 is 0 Å². The number of piperidine rings is 1. The van der Waals surface area contributed by atoms with Crippen molar-refractivity contribution < 1.29 is 4.79 Å². The van der Waals surface area contributed by atoms with Gasteiger partial charge < -0.3 is 4.90 Å². The van der Waals surface area contributed by atoms with Crippen molar-refractivity contribution >= 4 is 5.91 Å². The van der Waals surface area contributed by atoms with Crippen LogP contribution in [0, 0.1) is 5.92 Å². The molecule has 1 aromatic carbocycles. The van der Waals surface area contributed by atoms with E-state index in [9.17, 15) is 4.79 Å². The van der Waals surface area contributed by atoms with Crippen molar-refractivity contribution in [3.05, 3.63) is 54.4 Å². The van der Waals surface area contributed by atoms with Gasteiger partial charge in [0.15, 0.2) is 0 Å². The number of benzene rings is 1. The van der Waals surface area contributed by atoms with E-state index < -0.39 is 0 Å². The third-order valence-electron chi connectivity index (χ3n) is 6.21. The maximum absolute atomic E-state index is 13.2. The van der Waals surface area contributed by atoms with Crippen LogP contribution in [0.5, 0.6) is 0 Å². The number of nitrogens with zero attached hydrogens (tertiary/aromatic N) is 3. The summed E-state index contributed by atoms with van der Waals surface area (Å²) in [5.74, 6) is 1.24. The van der Waals surface area contributed by atoms with E-state index in [1.165, 1.54) is 12.0 Å². The molecule has 26 heavy (non-hydrogen) atoms. The number of hydrogen-bond donors (Lipinski definition) is 0. The molecular formula is C22H29N3O. The third-order valence-corrected chi connectivity index (χ3v) is 6.21. The van der Waals surface area contributed by atoms with Gasteiger partial charge in [0.25, 0.3) is 0 Å². The minimum Gasteiger partial charge on any atom is -0.338 e. The van der Waals surface area contributed by atoms with Crippen molar-refractivity contribution in [2.75, 3.05) is 6.54 Å². The van der Waals surface area contributed by atoms with E-state index in [4.69, 9.17) is 0 Å². The SMILES string of the molecule is O=C(C1CCC(c2ccccc2)CC1)N1CCCCC1Cn1cccn1. The molecule has 2 aromatic rings. The summed E-state index contributed by atoms with van der Waals surface area (Å²) in [6, 6.07) is 13.1. The van der Waals surface area contributed by atoms with Gasteiger partial charge in [-0.15, -0.1) is 0 Å². The molecule has 1 aliphatic carbocycles. The van der Waals surface area contributed by atoms with Crippen molar-refractivity contribution in [3.63, 3.8) is 0 Å². The van der Waals surface area contributed by atoms with E-state index in [0.29, 0.717) is 17.9 Å². The Hall–Kier alpha value is -2.10. The van der Waals surface area contributed by atoms with Gasteiger partial charge in [0.1, 0.15) is 0 Å². The topological polar surface area (TPSA) is 38.1 Å². The van der Waals surface area contributed by atoms with E-state index in [-0.39, 0.29) is 5.92 Å². The first-order chi connectivity index (χ1) is 12.8. The molecule has 1 aliphatic heterocycles.